The van der Waals surface area contributed by atoms with Gasteiger partial charge in [-0.2, -0.15) is 0 Å². The van der Waals surface area contributed by atoms with Crippen LogP contribution in [0.2, 0.25) is 0 Å². The van der Waals surface area contributed by atoms with Crippen molar-refractivity contribution in [3.8, 4) is 0 Å². The zero-order valence-electron chi connectivity index (χ0n) is 12.9. The molecule has 0 spiro atoms. The zero-order valence-corrected chi connectivity index (χ0v) is 13.7. The number of aromatic nitrogens is 2. The van der Waals surface area contributed by atoms with E-state index in [0.29, 0.717) is 0 Å². The molecule has 4 nitrogen and oxygen atoms in total. The molecular weight excluding hydrogens is 292 g/mol. The molecule has 0 aliphatic carbocycles. The lowest BCUT2D eigenvalue weighted by Gasteiger charge is -2.39. The van der Waals surface area contributed by atoms with E-state index in [1.54, 1.807) is 0 Å². The van der Waals surface area contributed by atoms with Gasteiger partial charge in [-0.1, -0.05) is 13.3 Å². The van der Waals surface area contributed by atoms with Crippen molar-refractivity contribution in [3.05, 3.63) is 54.1 Å². The van der Waals surface area contributed by atoms with Crippen LogP contribution in [0.3, 0.4) is 0 Å². The summed E-state index contributed by atoms with van der Waals surface area (Å²) in [6.45, 7) is 5.03. The second-order valence-corrected chi connectivity index (χ2v) is 5.98. The van der Waals surface area contributed by atoms with Crippen LogP contribution in [0.25, 0.3) is 0 Å². The lowest BCUT2D eigenvalue weighted by molar-refractivity contribution is 0.286. The fraction of sp³-hybridized carbons (Fsp3) is 0.412. The number of nitrogens with one attached hydrogen (secondary N) is 1. The van der Waals surface area contributed by atoms with Crippen LogP contribution in [0.15, 0.2) is 42.9 Å². The first-order chi connectivity index (χ1) is 10.8. The first-order valence-corrected chi connectivity index (χ1v) is 8.31. The molecule has 1 aliphatic rings. The highest BCUT2D eigenvalue weighted by molar-refractivity contribution is 7.80. The van der Waals surface area contributed by atoms with Crippen molar-refractivity contribution in [2.45, 2.75) is 32.4 Å². The fourth-order valence-corrected chi connectivity index (χ4v) is 3.27. The van der Waals surface area contributed by atoms with Gasteiger partial charge in [-0.25, -0.2) is 0 Å². The Morgan fingerprint density at radius 3 is 2.91 bits per heavy atom. The minimum Gasteiger partial charge on any atom is -0.363 e. The third kappa shape index (κ3) is 2.99. The van der Waals surface area contributed by atoms with Crippen LogP contribution >= 0.6 is 12.2 Å². The maximum Gasteiger partial charge on any atom is 0.169 e. The molecule has 0 amide bonds. The predicted molar refractivity (Wildman–Crippen MR) is 92.7 cm³/mol. The van der Waals surface area contributed by atoms with Crippen molar-refractivity contribution in [1.29, 1.82) is 0 Å². The Hall–Kier alpha value is -1.88. The maximum atomic E-state index is 5.66. The average molecular weight is 314 g/mol. The summed E-state index contributed by atoms with van der Waals surface area (Å²) in [6.07, 6.45) is 8.16. The topological polar surface area (TPSA) is 33.1 Å². The number of nitrogens with zero attached hydrogens (tertiary/aromatic N) is 3. The minimum absolute atomic E-state index is 0.161. The Morgan fingerprint density at radius 2 is 2.14 bits per heavy atom. The number of hydrogen-bond donors (Lipinski definition) is 1. The monoisotopic (exact) mass is 314 g/mol. The van der Waals surface area contributed by atoms with Crippen LogP contribution in [0.4, 0.5) is 0 Å². The molecule has 0 bridgehead atoms. The lowest BCUT2D eigenvalue weighted by Crippen LogP contribution is -2.47. The van der Waals surface area contributed by atoms with Crippen molar-refractivity contribution in [2.75, 3.05) is 13.1 Å². The Morgan fingerprint density at radius 1 is 1.32 bits per heavy atom. The molecule has 116 valence electrons. The minimum atomic E-state index is 0.161. The average Bonchev–Trinajstić information content (AvgIpc) is 3.03. The number of thiocarbonyl (C=S) groups is 1. The van der Waals surface area contributed by atoms with Crippen LogP contribution in [0, 0.1) is 0 Å². The largest absolute Gasteiger partial charge is 0.363 e. The maximum absolute atomic E-state index is 5.66. The van der Waals surface area contributed by atoms with Gasteiger partial charge < -0.3 is 14.8 Å². The van der Waals surface area contributed by atoms with Crippen LogP contribution < -0.4 is 5.32 Å². The standard InChI is InChI=1S/C17H22N4S/c1-2-3-8-19-17(22)21-13-12-20-11-4-5-15(20)16(21)14-6-9-18-10-7-14/h4-7,9-11,16H,2-3,8,12-13H2,1H3,(H,19,22). The third-order valence-electron chi connectivity index (χ3n) is 4.13. The van der Waals surface area contributed by atoms with E-state index in [-0.39, 0.29) is 6.04 Å². The van der Waals surface area contributed by atoms with Gasteiger partial charge in [0, 0.05) is 43.9 Å². The first kappa shape index (κ1) is 15.0. The highest BCUT2D eigenvalue weighted by Gasteiger charge is 2.30. The van der Waals surface area contributed by atoms with Crippen molar-refractivity contribution in [1.82, 2.24) is 19.8 Å². The van der Waals surface area contributed by atoms with E-state index < -0.39 is 0 Å². The molecule has 1 aliphatic heterocycles. The van der Waals surface area contributed by atoms with Crippen LogP contribution in [0.5, 0.6) is 0 Å². The Balaban J connectivity index is 1.87. The molecule has 0 saturated carbocycles. The quantitative estimate of drug-likeness (QED) is 0.695. The Bertz CT molecular complexity index is 623. The summed E-state index contributed by atoms with van der Waals surface area (Å²) < 4.78 is 2.32. The number of rotatable bonds is 4. The molecule has 0 saturated heterocycles. The summed E-state index contributed by atoms with van der Waals surface area (Å²) in [6, 6.07) is 8.62. The fourth-order valence-electron chi connectivity index (χ4n) is 2.97. The summed E-state index contributed by atoms with van der Waals surface area (Å²) in [7, 11) is 0. The van der Waals surface area contributed by atoms with Crippen LogP contribution in [-0.4, -0.2) is 32.7 Å². The summed E-state index contributed by atoms with van der Waals surface area (Å²) in [5.74, 6) is 0. The van der Waals surface area contributed by atoms with Gasteiger partial charge in [0.05, 0.1) is 6.04 Å². The molecular formula is C17H22N4S. The normalized spacial score (nSPS) is 17.1. The van der Waals surface area contributed by atoms with Gasteiger partial charge in [0.1, 0.15) is 0 Å². The van der Waals surface area contributed by atoms with E-state index in [1.807, 2.05) is 12.4 Å². The molecule has 0 aromatic carbocycles. The van der Waals surface area contributed by atoms with Gasteiger partial charge >= 0.3 is 0 Å². The third-order valence-corrected chi connectivity index (χ3v) is 4.51. The van der Waals surface area contributed by atoms with Gasteiger partial charge in [-0.05, 0) is 48.5 Å². The molecule has 1 N–H and O–H groups in total. The highest BCUT2D eigenvalue weighted by atomic mass is 32.1. The van der Waals surface area contributed by atoms with Gasteiger partial charge in [-0.15, -0.1) is 0 Å². The molecule has 3 heterocycles. The zero-order chi connectivity index (χ0) is 15.4. The van der Waals surface area contributed by atoms with E-state index in [4.69, 9.17) is 12.2 Å². The van der Waals surface area contributed by atoms with Crippen molar-refractivity contribution in [2.24, 2.45) is 0 Å². The molecule has 0 fully saturated rings. The second-order valence-electron chi connectivity index (χ2n) is 5.59. The van der Waals surface area contributed by atoms with Gasteiger partial charge in [0.25, 0.3) is 0 Å². The van der Waals surface area contributed by atoms with E-state index in [1.165, 1.54) is 17.7 Å². The highest BCUT2D eigenvalue weighted by Crippen LogP contribution is 2.32. The van der Waals surface area contributed by atoms with Crippen molar-refractivity contribution >= 4 is 17.3 Å². The molecule has 1 atom stereocenters. The molecule has 3 rings (SSSR count). The molecule has 0 radical (unpaired) electrons. The van der Waals surface area contributed by atoms with E-state index >= 15 is 0 Å². The lowest BCUT2D eigenvalue weighted by atomic mass is 10.0. The van der Waals surface area contributed by atoms with Gasteiger partial charge in [-0.3, -0.25) is 4.98 Å². The number of hydrogen-bond acceptors (Lipinski definition) is 2. The molecule has 2 aromatic heterocycles. The first-order valence-electron chi connectivity index (χ1n) is 7.90. The van der Waals surface area contributed by atoms with Gasteiger partial charge in [0.2, 0.25) is 0 Å². The second kappa shape index (κ2) is 6.92. The van der Waals surface area contributed by atoms with Crippen molar-refractivity contribution in [3.63, 3.8) is 0 Å². The molecule has 22 heavy (non-hydrogen) atoms. The smallest absolute Gasteiger partial charge is 0.169 e. The van der Waals surface area contributed by atoms with Crippen LogP contribution in [-0.2, 0) is 6.54 Å². The number of pyridine rings is 1. The van der Waals surface area contributed by atoms with Crippen LogP contribution in [0.1, 0.15) is 37.1 Å². The Kier molecular flexibility index (Phi) is 4.73. The van der Waals surface area contributed by atoms with E-state index in [9.17, 15) is 0 Å². The summed E-state index contributed by atoms with van der Waals surface area (Å²) >= 11 is 5.66. The summed E-state index contributed by atoms with van der Waals surface area (Å²) in [5.41, 5.74) is 2.52. The van der Waals surface area contributed by atoms with Gasteiger partial charge in [0.15, 0.2) is 5.11 Å². The number of unbranched alkanes of at least 4 members (excludes halogenated alkanes) is 1. The SMILES string of the molecule is CCCCNC(=S)N1CCn2cccc2C1c1ccncc1. The predicted octanol–water partition coefficient (Wildman–Crippen LogP) is 2.96. The number of fused-ring (bicyclic) bond motifs is 1. The Labute approximate surface area is 137 Å². The summed E-state index contributed by atoms with van der Waals surface area (Å²) in [5, 5.41) is 4.26. The van der Waals surface area contributed by atoms with E-state index in [0.717, 1.165) is 31.2 Å². The summed E-state index contributed by atoms with van der Waals surface area (Å²) in [4.78, 5) is 6.44. The van der Waals surface area contributed by atoms with E-state index in [2.05, 4.69) is 57.2 Å². The molecule has 5 heteroatoms. The molecule has 1 unspecified atom stereocenters. The van der Waals surface area contributed by atoms with Crippen molar-refractivity contribution < 1.29 is 0 Å². The molecule has 2 aromatic rings.